The van der Waals surface area contributed by atoms with Crippen LogP contribution < -0.4 is 0 Å². The predicted octanol–water partition coefficient (Wildman–Crippen LogP) is 6.01. The molecule has 3 unspecified atom stereocenters. The van der Waals surface area contributed by atoms with Crippen LogP contribution in [0, 0.1) is 35.0 Å². The van der Waals surface area contributed by atoms with E-state index in [0.29, 0.717) is 5.41 Å². The molecule has 0 aromatic rings. The second-order valence-electron chi connectivity index (χ2n) is 7.20. The van der Waals surface area contributed by atoms with Gasteiger partial charge in [0.1, 0.15) is 0 Å². The van der Waals surface area contributed by atoms with Crippen molar-refractivity contribution in [2.24, 2.45) is 35.0 Å². The van der Waals surface area contributed by atoms with Gasteiger partial charge in [0.25, 0.3) is 0 Å². The molecule has 0 bridgehead atoms. The first-order valence-electron chi connectivity index (χ1n) is 7.69. The van der Waals surface area contributed by atoms with Gasteiger partial charge in [-0.3, -0.25) is 0 Å². The minimum absolute atomic E-state index is 0.460. The van der Waals surface area contributed by atoms with Gasteiger partial charge in [-0.25, -0.2) is 0 Å². The molecule has 0 aliphatic rings. The van der Waals surface area contributed by atoms with Crippen molar-refractivity contribution < 1.29 is 0 Å². The second-order valence-corrected chi connectivity index (χ2v) is 7.20. The van der Waals surface area contributed by atoms with Crippen LogP contribution in [0.15, 0.2) is 0 Å². The molecule has 0 N–H and O–H groups in total. The summed E-state index contributed by atoms with van der Waals surface area (Å²) in [5.74, 6) is 4.10. The van der Waals surface area contributed by atoms with Crippen LogP contribution in [0.2, 0.25) is 0 Å². The molecule has 0 rings (SSSR count). The molecule has 0 aliphatic heterocycles. The van der Waals surface area contributed by atoms with E-state index in [1.54, 1.807) is 0 Å². The smallest absolute Gasteiger partial charge is 0.0293 e. The Bertz CT molecular complexity index is 200. The topological polar surface area (TPSA) is 0 Å². The minimum Gasteiger partial charge on any atom is -0.0651 e. The molecule has 0 saturated heterocycles. The minimum atomic E-state index is 0.460. The van der Waals surface area contributed by atoms with Crippen molar-refractivity contribution in [1.29, 1.82) is 0 Å². The van der Waals surface area contributed by atoms with Crippen LogP contribution in [-0.4, -0.2) is 0 Å². The van der Waals surface area contributed by atoms with Gasteiger partial charge in [-0.1, -0.05) is 75.2 Å². The molecule has 0 nitrogen and oxygen atoms in total. The van der Waals surface area contributed by atoms with Gasteiger partial charge in [0, 0.05) is 0 Å². The van der Waals surface area contributed by atoms with Crippen molar-refractivity contribution in [3.05, 3.63) is 0 Å². The largest absolute Gasteiger partial charge is 0.0651 e. The van der Waals surface area contributed by atoms with Crippen molar-refractivity contribution in [3.8, 4) is 0 Å². The molecule has 3 atom stereocenters. The van der Waals surface area contributed by atoms with E-state index in [0.717, 1.165) is 29.6 Å². The van der Waals surface area contributed by atoms with Crippen molar-refractivity contribution in [1.82, 2.24) is 0 Å². The Morgan fingerprint density at radius 2 is 1.12 bits per heavy atom. The summed E-state index contributed by atoms with van der Waals surface area (Å²) in [7, 11) is 0. The Morgan fingerprint density at radius 1 is 0.706 bits per heavy atom. The zero-order valence-corrected chi connectivity index (χ0v) is 13.8. The maximum Gasteiger partial charge on any atom is -0.0293 e. The van der Waals surface area contributed by atoms with Crippen LogP contribution in [-0.2, 0) is 0 Å². The van der Waals surface area contributed by atoms with Gasteiger partial charge >= 0.3 is 0 Å². The van der Waals surface area contributed by atoms with Crippen LogP contribution in [0.1, 0.15) is 75.2 Å². The first-order chi connectivity index (χ1) is 7.69. The molecule has 0 heteroatoms. The van der Waals surface area contributed by atoms with Crippen molar-refractivity contribution in [3.63, 3.8) is 0 Å². The SMILES string of the molecule is CCC(C(C)C)C(C)(C)C(CC)C(C)C(C)C. The molecule has 0 saturated carbocycles. The van der Waals surface area contributed by atoms with Crippen LogP contribution in [0.3, 0.4) is 0 Å². The molecule has 0 amide bonds. The number of rotatable bonds is 7. The first kappa shape index (κ1) is 17.0. The highest BCUT2D eigenvalue weighted by Crippen LogP contribution is 2.47. The van der Waals surface area contributed by atoms with Crippen molar-refractivity contribution in [2.45, 2.75) is 75.2 Å². The maximum atomic E-state index is 2.51. The zero-order chi connectivity index (χ0) is 13.8. The number of hydrogen-bond donors (Lipinski definition) is 0. The fraction of sp³-hybridized carbons (Fsp3) is 1.00. The highest BCUT2D eigenvalue weighted by Gasteiger charge is 2.39. The average molecular weight is 240 g/mol. The van der Waals surface area contributed by atoms with Gasteiger partial charge in [-0.05, 0) is 35.0 Å². The Labute approximate surface area is 111 Å². The predicted molar refractivity (Wildman–Crippen MR) is 80.2 cm³/mol. The highest BCUT2D eigenvalue weighted by atomic mass is 14.4. The molecule has 0 aliphatic carbocycles. The second kappa shape index (κ2) is 6.81. The quantitative estimate of drug-likeness (QED) is 0.511. The van der Waals surface area contributed by atoms with Gasteiger partial charge in [-0.2, -0.15) is 0 Å². The normalized spacial score (nSPS) is 18.5. The summed E-state index contributed by atoms with van der Waals surface area (Å²) in [6, 6.07) is 0. The lowest BCUT2D eigenvalue weighted by molar-refractivity contribution is 0.0265. The molecular formula is C17H36. The number of hydrogen-bond acceptors (Lipinski definition) is 0. The summed E-state index contributed by atoms with van der Waals surface area (Å²) in [6.07, 6.45) is 2.63. The average Bonchev–Trinajstić information content (AvgIpc) is 2.17. The van der Waals surface area contributed by atoms with Gasteiger partial charge in [0.2, 0.25) is 0 Å². The van der Waals surface area contributed by atoms with E-state index in [2.05, 4.69) is 62.3 Å². The molecular weight excluding hydrogens is 204 g/mol. The molecule has 0 aromatic carbocycles. The molecule has 0 spiro atoms. The summed E-state index contributed by atoms with van der Waals surface area (Å²) in [5.41, 5.74) is 0.460. The van der Waals surface area contributed by atoms with Crippen LogP contribution >= 0.6 is 0 Å². The van der Waals surface area contributed by atoms with E-state index < -0.39 is 0 Å². The van der Waals surface area contributed by atoms with E-state index in [-0.39, 0.29) is 0 Å². The Kier molecular flexibility index (Phi) is 6.81. The van der Waals surface area contributed by atoms with Crippen LogP contribution in [0.4, 0.5) is 0 Å². The van der Waals surface area contributed by atoms with Gasteiger partial charge in [0.15, 0.2) is 0 Å². The summed E-state index contributed by atoms with van der Waals surface area (Å²) >= 11 is 0. The highest BCUT2D eigenvalue weighted by molar-refractivity contribution is 4.88. The van der Waals surface area contributed by atoms with Gasteiger partial charge in [-0.15, -0.1) is 0 Å². The Hall–Kier alpha value is 0. The zero-order valence-electron chi connectivity index (χ0n) is 13.8. The maximum absolute atomic E-state index is 2.51. The third-order valence-electron chi connectivity index (χ3n) is 5.28. The Balaban J connectivity index is 5.08. The van der Waals surface area contributed by atoms with Crippen LogP contribution in [0.5, 0.6) is 0 Å². The standard InChI is InChI=1S/C17H36/c1-10-15(13(5)6)17(8,9)16(11-2)14(7)12(3)4/h12-16H,10-11H2,1-9H3. The molecule has 0 fully saturated rings. The van der Waals surface area contributed by atoms with Gasteiger partial charge < -0.3 is 0 Å². The summed E-state index contributed by atoms with van der Waals surface area (Å²) in [6.45, 7) is 21.7. The van der Waals surface area contributed by atoms with E-state index >= 15 is 0 Å². The Morgan fingerprint density at radius 3 is 1.35 bits per heavy atom. The molecule has 0 aromatic heterocycles. The van der Waals surface area contributed by atoms with Gasteiger partial charge in [0.05, 0.1) is 0 Å². The van der Waals surface area contributed by atoms with E-state index in [1.807, 2.05) is 0 Å². The van der Waals surface area contributed by atoms with Crippen LogP contribution in [0.25, 0.3) is 0 Å². The summed E-state index contributed by atoms with van der Waals surface area (Å²) < 4.78 is 0. The summed E-state index contributed by atoms with van der Waals surface area (Å²) in [4.78, 5) is 0. The van der Waals surface area contributed by atoms with E-state index in [1.165, 1.54) is 12.8 Å². The lowest BCUT2D eigenvalue weighted by Gasteiger charge is -2.46. The fourth-order valence-electron chi connectivity index (χ4n) is 4.17. The monoisotopic (exact) mass is 240 g/mol. The third-order valence-corrected chi connectivity index (χ3v) is 5.28. The molecule has 0 radical (unpaired) electrons. The van der Waals surface area contributed by atoms with Crippen molar-refractivity contribution >= 4 is 0 Å². The molecule has 17 heavy (non-hydrogen) atoms. The van der Waals surface area contributed by atoms with E-state index in [9.17, 15) is 0 Å². The molecule has 0 heterocycles. The third kappa shape index (κ3) is 4.00. The first-order valence-corrected chi connectivity index (χ1v) is 7.69. The summed E-state index contributed by atoms with van der Waals surface area (Å²) in [5, 5.41) is 0. The lowest BCUT2D eigenvalue weighted by atomic mass is 9.59. The lowest BCUT2D eigenvalue weighted by Crippen LogP contribution is -2.39. The molecule has 104 valence electrons. The van der Waals surface area contributed by atoms with E-state index in [4.69, 9.17) is 0 Å². The van der Waals surface area contributed by atoms with Crippen molar-refractivity contribution in [2.75, 3.05) is 0 Å². The fourth-order valence-corrected chi connectivity index (χ4v) is 4.17.